The molecule has 5 heterocycles. The third-order valence-corrected chi connectivity index (χ3v) is 6.99. The molecule has 43 heavy (non-hydrogen) atoms. The number of fused-ring (bicyclic) bond motifs is 1. The Balaban J connectivity index is 1.30. The van der Waals surface area contributed by atoms with Gasteiger partial charge < -0.3 is 14.3 Å². The predicted octanol–water partition coefficient (Wildman–Crippen LogP) is 5.09. The predicted molar refractivity (Wildman–Crippen MR) is 152 cm³/mol. The average Bonchev–Trinajstić information content (AvgIpc) is 3.68. The van der Waals surface area contributed by atoms with Crippen LogP contribution in [0.3, 0.4) is 0 Å². The highest BCUT2D eigenvalue weighted by atomic mass is 35.5. The smallest absolute Gasteiger partial charge is 0.413 e. The molecule has 6 rings (SSSR count). The SMILES string of the molecule is CC(C)(C)OC(=O)Nc1ccc(-c2nc(F)c([C@@H]3CCc4cc(-c5cc(Cl)ccc5-n5cnnn5)cc(=O)n43)[nH]2)c(F)n1. The first kappa shape index (κ1) is 28.2. The lowest BCUT2D eigenvalue weighted by Gasteiger charge is -2.19. The summed E-state index contributed by atoms with van der Waals surface area (Å²) in [7, 11) is 0. The van der Waals surface area contributed by atoms with E-state index >= 15 is 4.39 Å². The van der Waals surface area contributed by atoms with Gasteiger partial charge in [-0.1, -0.05) is 11.6 Å². The van der Waals surface area contributed by atoms with Crippen LogP contribution in [0.25, 0.3) is 28.2 Å². The second-order valence-corrected chi connectivity index (χ2v) is 11.3. The summed E-state index contributed by atoms with van der Waals surface area (Å²) < 4.78 is 38.3. The number of hydrogen-bond acceptors (Lipinski definition) is 8. The molecular formula is C28H24ClF2N9O3. The van der Waals surface area contributed by atoms with Gasteiger partial charge in [-0.3, -0.25) is 10.1 Å². The van der Waals surface area contributed by atoms with Crippen molar-refractivity contribution in [1.82, 2.24) is 39.7 Å². The van der Waals surface area contributed by atoms with Gasteiger partial charge in [-0.05, 0) is 86.0 Å². The van der Waals surface area contributed by atoms with Crippen LogP contribution in [0.2, 0.25) is 5.02 Å². The summed E-state index contributed by atoms with van der Waals surface area (Å²) in [6.45, 7) is 5.07. The Morgan fingerprint density at radius 3 is 2.63 bits per heavy atom. The Labute approximate surface area is 247 Å². The maximum atomic E-state index is 15.2. The number of carbonyl (C=O) groups is 1. The largest absolute Gasteiger partial charge is 0.444 e. The molecule has 0 bridgehead atoms. The molecule has 1 amide bonds. The minimum Gasteiger partial charge on any atom is -0.444 e. The number of H-pyrrole nitrogens is 1. The number of tetrazole rings is 1. The van der Waals surface area contributed by atoms with Gasteiger partial charge in [0, 0.05) is 22.3 Å². The van der Waals surface area contributed by atoms with E-state index in [4.69, 9.17) is 16.3 Å². The molecule has 15 heteroatoms. The number of anilines is 1. The van der Waals surface area contributed by atoms with Crippen LogP contribution in [-0.4, -0.2) is 51.4 Å². The van der Waals surface area contributed by atoms with Crippen LogP contribution >= 0.6 is 11.6 Å². The number of amides is 1. The van der Waals surface area contributed by atoms with Gasteiger partial charge in [-0.15, -0.1) is 5.10 Å². The molecule has 0 saturated heterocycles. The molecular weight excluding hydrogens is 584 g/mol. The quantitative estimate of drug-likeness (QED) is 0.263. The number of aromatic nitrogens is 8. The molecule has 220 valence electrons. The highest BCUT2D eigenvalue weighted by Crippen LogP contribution is 2.35. The Kier molecular flexibility index (Phi) is 7.00. The van der Waals surface area contributed by atoms with E-state index in [1.165, 1.54) is 33.8 Å². The molecule has 5 aromatic rings. The summed E-state index contributed by atoms with van der Waals surface area (Å²) in [6, 6.07) is 10.4. The number of aryl methyl sites for hydroxylation is 1. The average molecular weight is 608 g/mol. The number of halogens is 3. The van der Waals surface area contributed by atoms with Crippen molar-refractivity contribution < 1.29 is 18.3 Å². The van der Waals surface area contributed by atoms with Crippen molar-refractivity contribution in [2.45, 2.75) is 45.3 Å². The molecule has 1 aromatic carbocycles. The molecule has 12 nitrogen and oxygen atoms in total. The fourth-order valence-corrected chi connectivity index (χ4v) is 5.21. The number of benzene rings is 1. The van der Waals surface area contributed by atoms with Crippen molar-refractivity contribution in [2.24, 2.45) is 0 Å². The van der Waals surface area contributed by atoms with Gasteiger partial charge in [0.05, 0.1) is 23.0 Å². The lowest BCUT2D eigenvalue weighted by atomic mass is 10.0. The van der Waals surface area contributed by atoms with E-state index < -0.39 is 29.6 Å². The number of pyridine rings is 2. The molecule has 1 aliphatic rings. The van der Waals surface area contributed by atoms with E-state index in [1.807, 2.05) is 6.07 Å². The maximum Gasteiger partial charge on any atom is 0.413 e. The minimum absolute atomic E-state index is 0.0380. The van der Waals surface area contributed by atoms with Gasteiger partial charge in [0.15, 0.2) is 0 Å². The lowest BCUT2D eigenvalue weighted by Crippen LogP contribution is -2.27. The molecule has 2 N–H and O–H groups in total. The van der Waals surface area contributed by atoms with E-state index in [1.54, 1.807) is 39.0 Å². The molecule has 1 atom stereocenters. The maximum absolute atomic E-state index is 15.2. The van der Waals surface area contributed by atoms with Crippen molar-refractivity contribution in [2.75, 3.05) is 5.32 Å². The van der Waals surface area contributed by atoms with Crippen molar-refractivity contribution in [3.8, 4) is 28.2 Å². The van der Waals surface area contributed by atoms with Crippen molar-refractivity contribution >= 4 is 23.5 Å². The topological polar surface area (TPSA) is 146 Å². The monoisotopic (exact) mass is 607 g/mol. The van der Waals surface area contributed by atoms with E-state index in [9.17, 15) is 14.0 Å². The van der Waals surface area contributed by atoms with Gasteiger partial charge in [-0.25, -0.2) is 9.78 Å². The molecule has 0 saturated carbocycles. The summed E-state index contributed by atoms with van der Waals surface area (Å²) in [4.78, 5) is 35.9. The second-order valence-electron chi connectivity index (χ2n) is 10.9. The summed E-state index contributed by atoms with van der Waals surface area (Å²) in [5.41, 5.74) is 1.36. The third kappa shape index (κ3) is 5.60. The Morgan fingerprint density at radius 1 is 1.09 bits per heavy atom. The van der Waals surface area contributed by atoms with Gasteiger partial charge in [0.1, 0.15) is 23.6 Å². The van der Waals surface area contributed by atoms with Crippen molar-refractivity contribution in [3.63, 3.8) is 0 Å². The van der Waals surface area contributed by atoms with Crippen LogP contribution in [0, 0.1) is 11.9 Å². The van der Waals surface area contributed by atoms with Gasteiger partial charge in [-0.2, -0.15) is 18.4 Å². The molecule has 1 aliphatic heterocycles. The van der Waals surface area contributed by atoms with Crippen molar-refractivity contribution in [1.29, 1.82) is 0 Å². The Hall–Kier alpha value is -4.98. The fraction of sp³-hybridized carbons (Fsp3) is 0.250. The van der Waals surface area contributed by atoms with Crippen LogP contribution in [0.4, 0.5) is 19.4 Å². The zero-order valence-corrected chi connectivity index (χ0v) is 23.9. The van der Waals surface area contributed by atoms with E-state index in [0.29, 0.717) is 40.4 Å². The number of nitrogens with zero attached hydrogens (tertiary/aromatic N) is 7. The first-order valence-electron chi connectivity index (χ1n) is 13.2. The standard InChI is InChI=1S/C28H24ClF2N9O3/c1-28(2,3)43-27(42)34-21-9-6-17(24(30)33-21)26-35-23(25(31)36-26)20-8-5-16-10-14(11-22(41)40(16)20)18-12-15(29)4-7-19(18)39-13-32-37-38-39/h4,6-7,9-13,20H,5,8H2,1-3H3,(H,35,36)(H,33,34,42)/t20-/m0/s1. The molecule has 0 fully saturated rings. The first-order chi connectivity index (χ1) is 20.5. The summed E-state index contributed by atoms with van der Waals surface area (Å²) >= 11 is 6.27. The fourth-order valence-electron chi connectivity index (χ4n) is 5.04. The van der Waals surface area contributed by atoms with Crippen LogP contribution in [0.15, 0.2) is 53.6 Å². The number of rotatable bonds is 5. The number of nitrogens with one attached hydrogen (secondary N) is 2. The van der Waals surface area contributed by atoms with Crippen LogP contribution in [-0.2, 0) is 11.2 Å². The zero-order valence-electron chi connectivity index (χ0n) is 23.1. The normalized spacial score (nSPS) is 14.5. The van der Waals surface area contributed by atoms with E-state index in [2.05, 4.69) is 35.8 Å². The van der Waals surface area contributed by atoms with Crippen LogP contribution in [0.5, 0.6) is 0 Å². The minimum atomic E-state index is -0.984. The van der Waals surface area contributed by atoms with Crippen molar-refractivity contribution in [3.05, 3.63) is 87.5 Å². The zero-order chi connectivity index (χ0) is 30.5. The van der Waals surface area contributed by atoms with Gasteiger partial charge >= 0.3 is 6.09 Å². The van der Waals surface area contributed by atoms with Gasteiger partial charge in [0.25, 0.3) is 5.56 Å². The number of ether oxygens (including phenoxy) is 1. The van der Waals surface area contributed by atoms with E-state index in [-0.39, 0.29) is 28.5 Å². The van der Waals surface area contributed by atoms with Crippen LogP contribution < -0.4 is 10.9 Å². The number of hydrogen-bond donors (Lipinski definition) is 2. The summed E-state index contributed by atoms with van der Waals surface area (Å²) in [6.07, 6.45) is 1.52. The molecule has 4 aromatic heterocycles. The molecule has 0 unspecified atom stereocenters. The first-order valence-corrected chi connectivity index (χ1v) is 13.6. The Bertz CT molecular complexity index is 1920. The molecule has 0 spiro atoms. The highest BCUT2D eigenvalue weighted by molar-refractivity contribution is 6.31. The third-order valence-electron chi connectivity index (χ3n) is 6.75. The second kappa shape index (κ2) is 10.7. The summed E-state index contributed by atoms with van der Waals surface area (Å²) in [5, 5.41) is 14.1. The Morgan fingerprint density at radius 2 is 1.91 bits per heavy atom. The highest BCUT2D eigenvalue weighted by Gasteiger charge is 2.31. The number of imidazole rings is 1. The lowest BCUT2D eigenvalue weighted by molar-refractivity contribution is 0.0635. The molecule has 0 aliphatic carbocycles. The molecule has 0 radical (unpaired) electrons. The van der Waals surface area contributed by atoms with E-state index in [0.717, 1.165) is 0 Å². The van der Waals surface area contributed by atoms with Crippen LogP contribution in [0.1, 0.15) is 44.6 Å². The number of aromatic amines is 1. The number of carbonyl (C=O) groups excluding carboxylic acids is 1. The van der Waals surface area contributed by atoms with Gasteiger partial charge in [0.2, 0.25) is 11.9 Å². The summed E-state index contributed by atoms with van der Waals surface area (Å²) in [5.74, 6) is -2.04.